The predicted molar refractivity (Wildman–Crippen MR) is 130 cm³/mol. The van der Waals surface area contributed by atoms with Crippen LogP contribution >= 0.6 is 11.6 Å². The molecule has 2 bridgehead atoms. The van der Waals surface area contributed by atoms with E-state index in [0.717, 1.165) is 4.90 Å². The number of nitrogens with zero attached hydrogens (tertiary/aromatic N) is 2. The van der Waals surface area contributed by atoms with Crippen molar-refractivity contribution in [1.29, 1.82) is 0 Å². The number of hydrogen-bond acceptors (Lipinski definition) is 8. The van der Waals surface area contributed by atoms with E-state index in [-0.39, 0.29) is 17.7 Å². The monoisotopic (exact) mass is 528 g/mol. The van der Waals surface area contributed by atoms with Gasteiger partial charge in [-0.1, -0.05) is 23.7 Å². The average molecular weight is 529 g/mol. The van der Waals surface area contributed by atoms with Gasteiger partial charge in [-0.05, 0) is 69.2 Å². The molecule has 0 radical (unpaired) electrons. The number of nitro groups is 1. The number of nitro benzene ring substituents is 1. The van der Waals surface area contributed by atoms with E-state index in [2.05, 4.69) is 0 Å². The summed E-state index contributed by atoms with van der Waals surface area (Å²) in [6, 6.07) is 11.8. The first-order valence-electron chi connectivity index (χ1n) is 11.7. The van der Waals surface area contributed by atoms with Gasteiger partial charge < -0.3 is 9.47 Å². The fraction of sp³-hybridized carbons (Fsp3) is 0.385. The highest BCUT2D eigenvalue weighted by Gasteiger charge is 2.64. The van der Waals surface area contributed by atoms with Gasteiger partial charge in [-0.25, -0.2) is 14.6 Å². The van der Waals surface area contributed by atoms with Gasteiger partial charge in [0.2, 0.25) is 5.79 Å². The van der Waals surface area contributed by atoms with E-state index < -0.39 is 46.1 Å². The van der Waals surface area contributed by atoms with Crippen molar-refractivity contribution in [3.63, 3.8) is 0 Å². The molecule has 4 aliphatic rings. The first kappa shape index (κ1) is 25.3. The Balaban J connectivity index is 1.58. The molecule has 11 heteroatoms. The predicted octanol–water partition coefficient (Wildman–Crippen LogP) is 5.57. The lowest BCUT2D eigenvalue weighted by molar-refractivity contribution is -0.521. The standard InChI is InChI=1S/C26H25ClN2O8/c1-24(2,3)35-23(31)28-20(15-5-9-17(27)10-6-15)14-26-19(22(28)30)13-25(4,36-37-26)21(34-26)16-7-11-18(12-8-16)29(32)33/h5-13,20-21H,14H2,1-4H3/t20?,21?,25-,26+/m1/s1. The number of carbonyl (C=O) groups excluding carboxylic acids is 2. The van der Waals surface area contributed by atoms with Crippen molar-refractivity contribution in [1.82, 2.24) is 4.90 Å². The fourth-order valence-corrected chi connectivity index (χ4v) is 4.94. The average Bonchev–Trinajstić information content (AvgIpc) is 2.83. The van der Waals surface area contributed by atoms with Crippen LogP contribution in [0.2, 0.25) is 5.02 Å². The van der Waals surface area contributed by atoms with E-state index in [4.69, 9.17) is 30.8 Å². The lowest BCUT2D eigenvalue weighted by atomic mass is 9.78. The van der Waals surface area contributed by atoms with Gasteiger partial charge in [0.15, 0.2) is 5.60 Å². The molecule has 2 aromatic rings. The van der Waals surface area contributed by atoms with Gasteiger partial charge in [-0.3, -0.25) is 14.9 Å². The number of fused-ring (bicyclic) bond motifs is 2. The fourth-order valence-electron chi connectivity index (χ4n) is 4.81. The summed E-state index contributed by atoms with van der Waals surface area (Å²) in [5, 5.41) is 11.6. The highest BCUT2D eigenvalue weighted by atomic mass is 35.5. The molecule has 0 aliphatic carbocycles. The summed E-state index contributed by atoms with van der Waals surface area (Å²) in [5.41, 5.74) is -0.790. The van der Waals surface area contributed by atoms with Crippen molar-refractivity contribution in [3.05, 3.63) is 86.4 Å². The number of rotatable bonds is 3. The number of imide groups is 1. The maximum Gasteiger partial charge on any atom is 0.417 e. The number of amides is 2. The third-order valence-electron chi connectivity index (χ3n) is 6.50. The first-order chi connectivity index (χ1) is 17.3. The first-order valence-corrected chi connectivity index (χ1v) is 12.0. The second-order valence-electron chi connectivity index (χ2n) is 10.4. The van der Waals surface area contributed by atoms with Crippen molar-refractivity contribution in [2.45, 2.75) is 63.3 Å². The van der Waals surface area contributed by atoms with E-state index >= 15 is 0 Å². The van der Waals surface area contributed by atoms with E-state index in [0.29, 0.717) is 16.1 Å². The molecule has 0 saturated carbocycles. The Labute approximate surface area is 217 Å². The minimum absolute atomic E-state index is 0.0189. The molecule has 37 heavy (non-hydrogen) atoms. The number of halogens is 1. The van der Waals surface area contributed by atoms with E-state index in [1.165, 1.54) is 12.1 Å². The zero-order chi connectivity index (χ0) is 26.8. The molecule has 4 heterocycles. The van der Waals surface area contributed by atoms with Crippen LogP contribution in [0, 0.1) is 10.1 Å². The second-order valence-corrected chi connectivity index (χ2v) is 10.9. The van der Waals surface area contributed by atoms with Gasteiger partial charge in [0.1, 0.15) is 11.7 Å². The lowest BCUT2D eigenvalue weighted by Gasteiger charge is -2.56. The Morgan fingerprint density at radius 3 is 2.32 bits per heavy atom. The van der Waals surface area contributed by atoms with Crippen LogP contribution in [0.5, 0.6) is 0 Å². The summed E-state index contributed by atoms with van der Waals surface area (Å²) in [6.07, 6.45) is 0.0830. The highest BCUT2D eigenvalue weighted by molar-refractivity contribution is 6.30. The van der Waals surface area contributed by atoms with E-state index in [9.17, 15) is 19.7 Å². The number of hydrogen-bond donors (Lipinski definition) is 0. The molecule has 2 amide bonds. The summed E-state index contributed by atoms with van der Waals surface area (Å²) in [5.74, 6) is -2.25. The Hall–Kier alpha value is -3.31. The van der Waals surface area contributed by atoms with E-state index in [1.54, 1.807) is 70.2 Å². The van der Waals surface area contributed by atoms with Crippen LogP contribution in [-0.2, 0) is 24.0 Å². The van der Waals surface area contributed by atoms with Crippen LogP contribution in [0.15, 0.2) is 60.2 Å². The summed E-state index contributed by atoms with van der Waals surface area (Å²) in [4.78, 5) is 50.3. The SMILES string of the molecule is CC(C)(C)OC(=O)N1C(=O)C2=C[C@@]3(C)OO[C@]2(CC1c1ccc(Cl)cc1)OC3c1ccc([N+](=O)[O-])cc1. The van der Waals surface area contributed by atoms with Crippen LogP contribution in [0.1, 0.15) is 57.4 Å². The topological polar surface area (TPSA) is 117 Å². The van der Waals surface area contributed by atoms with Crippen molar-refractivity contribution in [2.75, 3.05) is 0 Å². The highest BCUT2D eigenvalue weighted by Crippen LogP contribution is 2.56. The van der Waals surface area contributed by atoms with Gasteiger partial charge in [-0.2, -0.15) is 4.89 Å². The van der Waals surface area contributed by atoms with Gasteiger partial charge >= 0.3 is 6.09 Å². The normalized spacial score (nSPS) is 28.9. The minimum atomic E-state index is -1.62. The molecule has 10 nitrogen and oxygen atoms in total. The van der Waals surface area contributed by atoms with Gasteiger partial charge in [-0.15, -0.1) is 0 Å². The zero-order valence-corrected chi connectivity index (χ0v) is 21.4. The second kappa shape index (κ2) is 8.63. The molecule has 6 rings (SSSR count). The van der Waals surface area contributed by atoms with Crippen molar-refractivity contribution in [3.8, 4) is 0 Å². The summed E-state index contributed by atoms with van der Waals surface area (Å²) < 4.78 is 12.0. The number of piperidine rings is 1. The smallest absolute Gasteiger partial charge is 0.417 e. The number of likely N-dealkylation sites (tertiary alicyclic amines) is 1. The Bertz CT molecular complexity index is 1300. The number of carbonyl (C=O) groups is 2. The summed E-state index contributed by atoms with van der Waals surface area (Å²) in [6.45, 7) is 6.83. The molecule has 1 spiro atoms. The van der Waals surface area contributed by atoms with Crippen LogP contribution in [0.3, 0.4) is 0 Å². The molecule has 0 N–H and O–H groups in total. The molecular weight excluding hydrogens is 504 g/mol. The third-order valence-corrected chi connectivity index (χ3v) is 6.75. The van der Waals surface area contributed by atoms with Crippen molar-refractivity contribution >= 4 is 29.3 Å². The minimum Gasteiger partial charge on any atom is -0.443 e. The maximum absolute atomic E-state index is 13.9. The molecule has 2 aromatic carbocycles. The molecular formula is C26H25ClN2O8. The lowest BCUT2D eigenvalue weighted by Crippen LogP contribution is -2.64. The van der Waals surface area contributed by atoms with Crippen molar-refractivity contribution in [2.24, 2.45) is 0 Å². The Kier molecular flexibility index (Phi) is 5.91. The number of benzene rings is 2. The molecule has 2 unspecified atom stereocenters. The van der Waals surface area contributed by atoms with E-state index in [1.807, 2.05) is 0 Å². The van der Waals surface area contributed by atoms with Crippen LogP contribution in [0.25, 0.3) is 0 Å². The summed E-state index contributed by atoms with van der Waals surface area (Å²) in [7, 11) is 0. The number of ether oxygens (including phenoxy) is 2. The van der Waals surface area contributed by atoms with Crippen LogP contribution in [-0.4, -0.2) is 38.8 Å². The molecule has 4 aliphatic heterocycles. The molecule has 194 valence electrons. The zero-order valence-electron chi connectivity index (χ0n) is 20.6. The largest absolute Gasteiger partial charge is 0.443 e. The number of non-ortho nitro benzene ring substituents is 1. The van der Waals surface area contributed by atoms with Gasteiger partial charge in [0.05, 0.1) is 16.5 Å². The van der Waals surface area contributed by atoms with Crippen LogP contribution < -0.4 is 0 Å². The third kappa shape index (κ3) is 4.40. The van der Waals surface area contributed by atoms with Crippen LogP contribution in [0.4, 0.5) is 10.5 Å². The van der Waals surface area contributed by atoms with Crippen molar-refractivity contribution < 1.29 is 33.8 Å². The molecule has 2 fully saturated rings. The van der Waals surface area contributed by atoms with Gasteiger partial charge in [0, 0.05) is 23.6 Å². The molecule has 0 aromatic heterocycles. The van der Waals surface area contributed by atoms with Gasteiger partial charge in [0.25, 0.3) is 11.6 Å². The maximum atomic E-state index is 13.9. The summed E-state index contributed by atoms with van der Waals surface area (Å²) >= 11 is 6.08. The Morgan fingerprint density at radius 2 is 1.73 bits per heavy atom. The molecule has 4 atom stereocenters. The quantitative estimate of drug-likeness (QED) is 0.288. The Morgan fingerprint density at radius 1 is 1.11 bits per heavy atom. The molecule has 2 saturated heterocycles.